The van der Waals surface area contributed by atoms with Crippen molar-refractivity contribution < 1.29 is 67.0 Å². The van der Waals surface area contributed by atoms with Gasteiger partial charge in [0.05, 0.1) is 26.4 Å². The first-order chi connectivity index (χ1) is 4.41. The van der Waals surface area contributed by atoms with Gasteiger partial charge in [-0.05, 0) is 0 Å². The molecule has 4 heteroatoms. The standard InChI is InChI=1S/C6H14O3.K.H/c1-7-3-5-9-6-4-8-2;;/h3-6H2,1-2H3;;/q;+1;-1. The minimum atomic E-state index is 0. The van der Waals surface area contributed by atoms with Crippen LogP contribution in [0.3, 0.4) is 0 Å². The molecule has 0 N–H and O–H groups in total. The molecule has 0 heterocycles. The molecular weight excluding hydrogens is 159 g/mol. The molecule has 0 bridgehead atoms. The van der Waals surface area contributed by atoms with Crippen molar-refractivity contribution in [1.29, 1.82) is 0 Å². The molecule has 0 aliphatic heterocycles. The average Bonchev–Trinajstić information content (AvgIpc) is 1.89. The molecule has 0 aromatic heterocycles. The molecule has 0 aliphatic rings. The summed E-state index contributed by atoms with van der Waals surface area (Å²) < 4.78 is 14.6. The van der Waals surface area contributed by atoms with E-state index < -0.39 is 0 Å². The Balaban J connectivity index is -0.000000320. The third-order valence-electron chi connectivity index (χ3n) is 0.864. The van der Waals surface area contributed by atoms with Crippen molar-refractivity contribution in [2.45, 2.75) is 0 Å². The fourth-order valence-corrected chi connectivity index (χ4v) is 0.387. The normalized spacial score (nSPS) is 9.00. The fourth-order valence-electron chi connectivity index (χ4n) is 0.387. The van der Waals surface area contributed by atoms with Gasteiger partial charge in [0.1, 0.15) is 0 Å². The smallest absolute Gasteiger partial charge is 1.00 e. The van der Waals surface area contributed by atoms with E-state index in [1.165, 1.54) is 0 Å². The Morgan fingerprint density at radius 1 is 0.900 bits per heavy atom. The van der Waals surface area contributed by atoms with Gasteiger partial charge in [-0.15, -0.1) is 0 Å². The largest absolute Gasteiger partial charge is 1.00 e. The molecule has 0 aromatic carbocycles. The fraction of sp³-hybridized carbons (Fsp3) is 1.00. The Hall–Kier alpha value is 1.52. The number of ether oxygens (including phenoxy) is 3. The van der Waals surface area contributed by atoms with Crippen LogP contribution in [0.1, 0.15) is 1.43 Å². The summed E-state index contributed by atoms with van der Waals surface area (Å²) in [6.45, 7) is 2.62. The summed E-state index contributed by atoms with van der Waals surface area (Å²) in [7, 11) is 3.30. The van der Waals surface area contributed by atoms with Gasteiger partial charge in [0.2, 0.25) is 0 Å². The zero-order valence-corrected chi connectivity index (χ0v) is 10.2. The molecule has 0 aliphatic carbocycles. The van der Waals surface area contributed by atoms with Crippen molar-refractivity contribution in [3.63, 3.8) is 0 Å². The van der Waals surface area contributed by atoms with Gasteiger partial charge in [-0.2, -0.15) is 0 Å². The van der Waals surface area contributed by atoms with E-state index >= 15 is 0 Å². The van der Waals surface area contributed by atoms with Crippen LogP contribution < -0.4 is 51.4 Å². The number of hydrogen-bond acceptors (Lipinski definition) is 3. The number of hydrogen-bond donors (Lipinski definition) is 0. The minimum absolute atomic E-state index is 0. The molecule has 0 saturated carbocycles. The zero-order chi connectivity index (χ0) is 6.95. The molecule has 3 nitrogen and oxygen atoms in total. The quantitative estimate of drug-likeness (QED) is 0.327. The van der Waals surface area contributed by atoms with Crippen LogP contribution in [0.15, 0.2) is 0 Å². The van der Waals surface area contributed by atoms with Crippen molar-refractivity contribution in [3.05, 3.63) is 0 Å². The third-order valence-corrected chi connectivity index (χ3v) is 0.864. The number of methoxy groups -OCH3 is 2. The van der Waals surface area contributed by atoms with E-state index in [0.29, 0.717) is 26.4 Å². The molecule has 10 heavy (non-hydrogen) atoms. The molecule has 0 atom stereocenters. The Bertz CT molecular complexity index is 51.1. The maximum Gasteiger partial charge on any atom is 1.00 e. The molecule has 0 saturated heterocycles. The van der Waals surface area contributed by atoms with Crippen molar-refractivity contribution >= 4 is 0 Å². The molecule has 0 radical (unpaired) electrons. The second-order valence-corrected chi connectivity index (χ2v) is 1.60. The Labute approximate surface area is 106 Å². The second kappa shape index (κ2) is 13.1. The first kappa shape index (κ1) is 14.1. The summed E-state index contributed by atoms with van der Waals surface area (Å²) in [6, 6.07) is 0. The van der Waals surface area contributed by atoms with Gasteiger partial charge < -0.3 is 15.6 Å². The van der Waals surface area contributed by atoms with E-state index in [1.807, 2.05) is 0 Å². The van der Waals surface area contributed by atoms with Gasteiger partial charge in [-0.1, -0.05) is 0 Å². The molecule has 58 valence electrons. The van der Waals surface area contributed by atoms with Crippen molar-refractivity contribution in [3.8, 4) is 0 Å². The van der Waals surface area contributed by atoms with E-state index in [-0.39, 0.29) is 52.8 Å². The summed E-state index contributed by atoms with van der Waals surface area (Å²) in [5.74, 6) is 0. The Morgan fingerprint density at radius 3 is 1.60 bits per heavy atom. The Kier molecular flexibility index (Phi) is 18.5. The van der Waals surface area contributed by atoms with Crippen LogP contribution in [0, 0.1) is 0 Å². The summed E-state index contributed by atoms with van der Waals surface area (Å²) in [4.78, 5) is 0. The first-order valence-corrected chi connectivity index (χ1v) is 2.97. The van der Waals surface area contributed by atoms with E-state index in [1.54, 1.807) is 14.2 Å². The van der Waals surface area contributed by atoms with Crippen LogP contribution in [0.2, 0.25) is 0 Å². The minimum Gasteiger partial charge on any atom is -1.00 e. The van der Waals surface area contributed by atoms with Crippen LogP contribution in [0.5, 0.6) is 0 Å². The third kappa shape index (κ3) is 12.2. The molecule has 0 fully saturated rings. The van der Waals surface area contributed by atoms with Crippen LogP contribution in [-0.2, 0) is 14.2 Å². The first-order valence-electron chi connectivity index (χ1n) is 2.97. The van der Waals surface area contributed by atoms with Gasteiger partial charge in [0.15, 0.2) is 0 Å². The van der Waals surface area contributed by atoms with Crippen molar-refractivity contribution in [2.24, 2.45) is 0 Å². The number of rotatable bonds is 6. The van der Waals surface area contributed by atoms with Gasteiger partial charge in [-0.3, -0.25) is 0 Å². The summed E-state index contributed by atoms with van der Waals surface area (Å²) in [6.07, 6.45) is 0. The molecule has 0 unspecified atom stereocenters. The van der Waals surface area contributed by atoms with E-state index in [2.05, 4.69) is 0 Å². The summed E-state index contributed by atoms with van der Waals surface area (Å²) in [5, 5.41) is 0. The summed E-state index contributed by atoms with van der Waals surface area (Å²) >= 11 is 0. The van der Waals surface area contributed by atoms with Crippen LogP contribution in [0.25, 0.3) is 0 Å². The average molecular weight is 174 g/mol. The topological polar surface area (TPSA) is 27.7 Å². The predicted octanol–water partition coefficient (Wildman–Crippen LogP) is -2.59. The summed E-state index contributed by atoms with van der Waals surface area (Å²) in [5.41, 5.74) is 0. The SMILES string of the molecule is COCCOCCOC.[H-].[K+]. The van der Waals surface area contributed by atoms with E-state index in [4.69, 9.17) is 14.2 Å². The van der Waals surface area contributed by atoms with Crippen LogP contribution in [0.4, 0.5) is 0 Å². The second-order valence-electron chi connectivity index (χ2n) is 1.60. The van der Waals surface area contributed by atoms with Gasteiger partial charge in [-0.25, -0.2) is 0 Å². The molecule has 0 aromatic rings. The zero-order valence-electron chi connectivity index (χ0n) is 8.05. The van der Waals surface area contributed by atoms with E-state index in [9.17, 15) is 0 Å². The molecular formula is C6H15KO3. The van der Waals surface area contributed by atoms with Crippen LogP contribution >= 0.6 is 0 Å². The maximum atomic E-state index is 5.06. The predicted molar refractivity (Wildman–Crippen MR) is 35.7 cm³/mol. The molecule has 0 spiro atoms. The monoisotopic (exact) mass is 174 g/mol. The van der Waals surface area contributed by atoms with Crippen molar-refractivity contribution in [2.75, 3.05) is 40.6 Å². The molecule has 0 amide bonds. The van der Waals surface area contributed by atoms with Gasteiger partial charge in [0, 0.05) is 14.2 Å². The van der Waals surface area contributed by atoms with E-state index in [0.717, 1.165) is 0 Å². The molecule has 0 rings (SSSR count). The van der Waals surface area contributed by atoms with Gasteiger partial charge in [0.25, 0.3) is 0 Å². The maximum absolute atomic E-state index is 5.06. The van der Waals surface area contributed by atoms with Gasteiger partial charge >= 0.3 is 51.4 Å². The Morgan fingerprint density at radius 2 is 1.30 bits per heavy atom. The van der Waals surface area contributed by atoms with Crippen molar-refractivity contribution in [1.82, 2.24) is 0 Å². The van der Waals surface area contributed by atoms with Crippen LogP contribution in [-0.4, -0.2) is 40.6 Å².